The van der Waals surface area contributed by atoms with Crippen LogP contribution in [0.5, 0.6) is 5.75 Å². The maximum atomic E-state index is 13.5. The molecular weight excluding hydrogens is 234 g/mol. The molecule has 0 aromatic heterocycles. The van der Waals surface area contributed by atoms with Crippen molar-refractivity contribution in [3.63, 3.8) is 0 Å². The van der Waals surface area contributed by atoms with Gasteiger partial charge in [0.25, 0.3) is 0 Å². The Morgan fingerprint density at radius 2 is 1.69 bits per heavy atom. The van der Waals surface area contributed by atoms with E-state index in [2.05, 4.69) is 0 Å². The van der Waals surface area contributed by atoms with Gasteiger partial charge in [0.15, 0.2) is 11.6 Å². The molecule has 2 aromatic carbocycles. The SMILES string of the molecule is Oc1ccc(-c2ccc(Cl)cc2F)cc1F. The van der Waals surface area contributed by atoms with Gasteiger partial charge in [-0.25, -0.2) is 8.78 Å². The minimum absolute atomic E-state index is 0.239. The Morgan fingerprint density at radius 3 is 2.31 bits per heavy atom. The molecule has 4 heteroatoms. The highest BCUT2D eigenvalue weighted by molar-refractivity contribution is 6.30. The van der Waals surface area contributed by atoms with Crippen LogP contribution in [0.3, 0.4) is 0 Å². The molecule has 0 saturated heterocycles. The number of hydrogen-bond acceptors (Lipinski definition) is 1. The molecule has 16 heavy (non-hydrogen) atoms. The highest BCUT2D eigenvalue weighted by atomic mass is 35.5. The zero-order valence-electron chi connectivity index (χ0n) is 8.05. The molecule has 1 nitrogen and oxygen atoms in total. The van der Waals surface area contributed by atoms with Crippen LogP contribution in [0.4, 0.5) is 8.78 Å². The van der Waals surface area contributed by atoms with Gasteiger partial charge in [0.1, 0.15) is 5.82 Å². The molecule has 0 saturated carbocycles. The van der Waals surface area contributed by atoms with Gasteiger partial charge in [-0.3, -0.25) is 0 Å². The summed E-state index contributed by atoms with van der Waals surface area (Å²) in [6.07, 6.45) is 0. The van der Waals surface area contributed by atoms with Gasteiger partial charge < -0.3 is 5.11 Å². The monoisotopic (exact) mass is 240 g/mol. The van der Waals surface area contributed by atoms with Crippen molar-refractivity contribution >= 4 is 11.6 Å². The number of phenolic OH excluding ortho intramolecular Hbond substituents is 1. The van der Waals surface area contributed by atoms with E-state index in [0.717, 1.165) is 12.1 Å². The highest BCUT2D eigenvalue weighted by Crippen LogP contribution is 2.28. The second-order valence-corrected chi connectivity index (χ2v) is 3.73. The molecule has 82 valence electrons. The average molecular weight is 241 g/mol. The smallest absolute Gasteiger partial charge is 0.165 e. The molecule has 0 heterocycles. The summed E-state index contributed by atoms with van der Waals surface area (Å²) in [5.74, 6) is -1.78. The normalized spacial score (nSPS) is 10.4. The molecule has 0 bridgehead atoms. The fourth-order valence-corrected chi connectivity index (χ4v) is 1.56. The van der Waals surface area contributed by atoms with E-state index >= 15 is 0 Å². The predicted octanol–water partition coefficient (Wildman–Crippen LogP) is 3.99. The standard InChI is InChI=1S/C12H7ClF2O/c13-8-2-3-9(10(14)6-8)7-1-4-12(16)11(15)5-7/h1-6,16H. The molecule has 1 N–H and O–H groups in total. The van der Waals surface area contributed by atoms with E-state index in [4.69, 9.17) is 16.7 Å². The van der Waals surface area contributed by atoms with E-state index in [0.29, 0.717) is 5.56 Å². The topological polar surface area (TPSA) is 20.2 Å². The van der Waals surface area contributed by atoms with Gasteiger partial charge in [0.2, 0.25) is 0 Å². The molecule has 0 radical (unpaired) electrons. The second kappa shape index (κ2) is 4.10. The molecule has 0 amide bonds. The summed E-state index contributed by atoms with van der Waals surface area (Å²) >= 11 is 5.61. The van der Waals surface area contributed by atoms with E-state index in [1.807, 2.05) is 0 Å². The van der Waals surface area contributed by atoms with Crippen LogP contribution in [0.1, 0.15) is 0 Å². The Kier molecular flexibility index (Phi) is 2.79. The minimum Gasteiger partial charge on any atom is -0.505 e. The van der Waals surface area contributed by atoms with Crippen LogP contribution in [0.25, 0.3) is 11.1 Å². The first-order chi connectivity index (χ1) is 7.58. The summed E-state index contributed by atoms with van der Waals surface area (Å²) < 4.78 is 26.6. The molecule has 0 atom stereocenters. The molecular formula is C12H7ClF2O. The first-order valence-corrected chi connectivity index (χ1v) is 4.89. The van der Waals surface area contributed by atoms with E-state index in [1.54, 1.807) is 0 Å². The van der Waals surface area contributed by atoms with Gasteiger partial charge in [0.05, 0.1) is 0 Å². The first kappa shape index (κ1) is 10.9. The fraction of sp³-hybridized carbons (Fsp3) is 0. The van der Waals surface area contributed by atoms with Gasteiger partial charge in [0, 0.05) is 10.6 Å². The number of phenols is 1. The first-order valence-electron chi connectivity index (χ1n) is 4.52. The Morgan fingerprint density at radius 1 is 0.938 bits per heavy atom. The van der Waals surface area contributed by atoms with Gasteiger partial charge >= 0.3 is 0 Å². The summed E-state index contributed by atoms with van der Waals surface area (Å²) in [5, 5.41) is 9.29. The van der Waals surface area contributed by atoms with Crippen LogP contribution in [0, 0.1) is 11.6 Å². The van der Waals surface area contributed by atoms with Crippen molar-refractivity contribution in [2.75, 3.05) is 0 Å². The van der Waals surface area contributed by atoms with Crippen LogP contribution in [-0.2, 0) is 0 Å². The van der Waals surface area contributed by atoms with Crippen LogP contribution in [0.2, 0.25) is 5.02 Å². The maximum Gasteiger partial charge on any atom is 0.165 e. The zero-order chi connectivity index (χ0) is 11.7. The largest absolute Gasteiger partial charge is 0.505 e. The lowest BCUT2D eigenvalue weighted by Gasteiger charge is -2.04. The third kappa shape index (κ3) is 1.99. The van der Waals surface area contributed by atoms with Gasteiger partial charge in [-0.05, 0) is 35.9 Å². The molecule has 0 aliphatic heterocycles. The molecule has 0 aliphatic rings. The summed E-state index contributed by atoms with van der Waals surface area (Å²) in [6.45, 7) is 0. The van der Waals surface area contributed by atoms with Gasteiger partial charge in [-0.1, -0.05) is 17.7 Å². The summed E-state index contributed by atoms with van der Waals surface area (Å²) in [6, 6.07) is 7.82. The average Bonchev–Trinajstić information content (AvgIpc) is 2.22. The molecule has 0 unspecified atom stereocenters. The quantitative estimate of drug-likeness (QED) is 0.799. The second-order valence-electron chi connectivity index (χ2n) is 3.29. The van der Waals surface area contributed by atoms with Crippen molar-refractivity contribution < 1.29 is 13.9 Å². The number of hydrogen-bond donors (Lipinski definition) is 1. The lowest BCUT2D eigenvalue weighted by molar-refractivity contribution is 0.432. The summed E-state index contributed by atoms with van der Waals surface area (Å²) in [7, 11) is 0. The number of rotatable bonds is 1. The van der Waals surface area contributed by atoms with Crippen LogP contribution >= 0.6 is 11.6 Å². The molecule has 2 aromatic rings. The van der Waals surface area contributed by atoms with E-state index in [9.17, 15) is 8.78 Å². The highest BCUT2D eigenvalue weighted by Gasteiger charge is 2.08. The van der Waals surface area contributed by atoms with Crippen LogP contribution in [0.15, 0.2) is 36.4 Å². The molecule has 0 fully saturated rings. The van der Waals surface area contributed by atoms with Crippen molar-refractivity contribution in [1.82, 2.24) is 0 Å². The summed E-state index contributed by atoms with van der Waals surface area (Å²) in [5.41, 5.74) is 0.591. The van der Waals surface area contributed by atoms with E-state index in [1.165, 1.54) is 24.3 Å². The van der Waals surface area contributed by atoms with Crippen molar-refractivity contribution in [2.24, 2.45) is 0 Å². The van der Waals surface area contributed by atoms with Crippen molar-refractivity contribution in [1.29, 1.82) is 0 Å². The minimum atomic E-state index is -0.785. The van der Waals surface area contributed by atoms with Crippen LogP contribution < -0.4 is 0 Å². The Hall–Kier alpha value is -1.61. The van der Waals surface area contributed by atoms with E-state index < -0.39 is 17.4 Å². The number of benzene rings is 2. The van der Waals surface area contributed by atoms with Crippen molar-refractivity contribution in [2.45, 2.75) is 0 Å². The van der Waals surface area contributed by atoms with Crippen LogP contribution in [-0.4, -0.2) is 5.11 Å². The Labute approximate surface area is 95.9 Å². The van der Waals surface area contributed by atoms with Crippen molar-refractivity contribution in [3.05, 3.63) is 53.1 Å². The Bertz CT molecular complexity index is 541. The lowest BCUT2D eigenvalue weighted by Crippen LogP contribution is -1.86. The fourth-order valence-electron chi connectivity index (χ4n) is 1.40. The number of halogens is 3. The Balaban J connectivity index is 2.54. The third-order valence-corrected chi connectivity index (χ3v) is 2.42. The van der Waals surface area contributed by atoms with Gasteiger partial charge in [-0.15, -0.1) is 0 Å². The van der Waals surface area contributed by atoms with E-state index in [-0.39, 0.29) is 10.6 Å². The molecule has 2 rings (SSSR count). The zero-order valence-corrected chi connectivity index (χ0v) is 8.80. The molecule has 0 aliphatic carbocycles. The number of aromatic hydroxyl groups is 1. The predicted molar refractivity (Wildman–Crippen MR) is 58.5 cm³/mol. The summed E-state index contributed by atoms with van der Waals surface area (Å²) in [4.78, 5) is 0. The van der Waals surface area contributed by atoms with Gasteiger partial charge in [-0.2, -0.15) is 0 Å². The molecule has 0 spiro atoms. The lowest BCUT2D eigenvalue weighted by atomic mass is 10.0. The van der Waals surface area contributed by atoms with Crippen molar-refractivity contribution in [3.8, 4) is 16.9 Å². The maximum absolute atomic E-state index is 13.5. The third-order valence-electron chi connectivity index (χ3n) is 2.19.